The molecule has 2 atom stereocenters. The Balaban J connectivity index is 2.52. The van der Waals surface area contributed by atoms with E-state index in [-0.39, 0.29) is 27.7 Å². The van der Waals surface area contributed by atoms with Crippen molar-refractivity contribution in [3.63, 3.8) is 0 Å². The summed E-state index contributed by atoms with van der Waals surface area (Å²) in [4.78, 5) is 37.5. The van der Waals surface area contributed by atoms with Crippen molar-refractivity contribution in [3.05, 3.63) is 34.0 Å². The lowest BCUT2D eigenvalue weighted by atomic mass is 9.82. The van der Waals surface area contributed by atoms with Gasteiger partial charge in [-0.1, -0.05) is 11.6 Å². The fourth-order valence-corrected chi connectivity index (χ4v) is 4.82. The maximum Gasteiger partial charge on any atom is 0.416 e. The molecule has 0 saturated heterocycles. The van der Waals surface area contributed by atoms with Crippen molar-refractivity contribution in [2.75, 3.05) is 25.7 Å². The van der Waals surface area contributed by atoms with Gasteiger partial charge in [-0.05, 0) is 12.1 Å². The molecule has 9 nitrogen and oxygen atoms in total. The predicted molar refractivity (Wildman–Crippen MR) is 112 cm³/mol. The van der Waals surface area contributed by atoms with Crippen LogP contribution in [0, 0.1) is 0 Å². The van der Waals surface area contributed by atoms with Gasteiger partial charge in [0, 0.05) is 25.8 Å². The van der Waals surface area contributed by atoms with Gasteiger partial charge in [-0.2, -0.15) is 18.3 Å². The second-order valence-electron chi connectivity index (χ2n) is 7.16. The number of benzene rings is 1. The number of fused-ring (bicyclic) bond motifs is 3. The minimum atomic E-state index is -4.83. The summed E-state index contributed by atoms with van der Waals surface area (Å²) in [6.07, 6.45) is -4.31. The first-order valence-electron chi connectivity index (χ1n) is 9.24. The summed E-state index contributed by atoms with van der Waals surface area (Å²) in [7, 11) is 0.453. The highest BCUT2D eigenvalue weighted by Gasteiger charge is 2.51. The summed E-state index contributed by atoms with van der Waals surface area (Å²) in [5.74, 6) is -2.52. The summed E-state index contributed by atoms with van der Waals surface area (Å²) in [6, 6.07) is 1.31. The Morgan fingerprint density at radius 2 is 1.97 bits per heavy atom. The highest BCUT2D eigenvalue weighted by molar-refractivity contribution is 7.84. The van der Waals surface area contributed by atoms with Crippen molar-refractivity contribution in [1.29, 1.82) is 0 Å². The number of ketones is 1. The maximum atomic E-state index is 13.6. The van der Waals surface area contributed by atoms with Crippen molar-refractivity contribution < 1.29 is 36.5 Å². The summed E-state index contributed by atoms with van der Waals surface area (Å²) >= 11 is 6.25. The molecule has 178 valence electrons. The standard InChI is InChI=1S/C19H18ClF3N4O5S/c1-8(28)13-15(33(4)31)16-25-18(17(30)24-2,7-12(29)32-3)10-5-9(19(21,22)23)6-11(20)14(10)27(16)26-13/h5-6,25H,7H2,1-4H3,(H,24,30). The summed E-state index contributed by atoms with van der Waals surface area (Å²) in [5, 5.41) is 8.72. The number of likely N-dealkylation sites (N-methyl/N-ethyl adjacent to an activating group) is 1. The number of nitrogens with one attached hydrogen (secondary N) is 2. The molecule has 1 aromatic carbocycles. The quantitative estimate of drug-likeness (QED) is 0.472. The molecule has 2 aromatic rings. The molecular formula is C19H18ClF3N4O5S. The Kier molecular flexibility index (Phi) is 6.33. The number of rotatable bonds is 5. The number of hydrogen-bond donors (Lipinski definition) is 2. The third-order valence-electron chi connectivity index (χ3n) is 5.11. The predicted octanol–water partition coefficient (Wildman–Crippen LogP) is 2.41. The Morgan fingerprint density at radius 3 is 2.45 bits per heavy atom. The normalized spacial score (nSPS) is 17.9. The smallest absolute Gasteiger partial charge is 0.416 e. The molecular weight excluding hydrogens is 489 g/mol. The molecule has 2 unspecified atom stereocenters. The van der Waals surface area contributed by atoms with Gasteiger partial charge in [0.25, 0.3) is 5.91 Å². The fourth-order valence-electron chi connectivity index (χ4n) is 3.65. The lowest BCUT2D eigenvalue weighted by Crippen LogP contribution is -2.53. The van der Waals surface area contributed by atoms with Crippen LogP contribution < -0.4 is 10.6 Å². The first-order valence-corrected chi connectivity index (χ1v) is 11.2. The number of Topliss-reactive ketones (excluding diaryl/α,β-unsaturated/α-hetero) is 1. The number of ether oxygens (including phenoxy) is 1. The van der Waals surface area contributed by atoms with E-state index in [1.165, 1.54) is 20.2 Å². The number of carbonyl (C=O) groups is 3. The first-order chi connectivity index (χ1) is 15.3. The van der Waals surface area contributed by atoms with Crippen molar-refractivity contribution in [1.82, 2.24) is 15.1 Å². The number of alkyl halides is 3. The second-order valence-corrected chi connectivity index (χ2v) is 8.89. The van der Waals surface area contributed by atoms with Gasteiger partial charge in [0.05, 0.1) is 40.6 Å². The molecule has 2 heterocycles. The highest BCUT2D eigenvalue weighted by Crippen LogP contribution is 2.47. The lowest BCUT2D eigenvalue weighted by molar-refractivity contribution is -0.144. The van der Waals surface area contributed by atoms with Crippen LogP contribution in [0.25, 0.3) is 5.69 Å². The number of esters is 1. The third kappa shape index (κ3) is 3.99. The Bertz CT molecular complexity index is 1210. The molecule has 0 fully saturated rings. The topological polar surface area (TPSA) is 119 Å². The van der Waals surface area contributed by atoms with E-state index in [2.05, 4.69) is 20.5 Å². The molecule has 3 rings (SSSR count). The average Bonchev–Trinajstić information content (AvgIpc) is 3.11. The number of nitrogens with zero attached hydrogens (tertiary/aromatic N) is 2. The van der Waals surface area contributed by atoms with Crippen LogP contribution in [0.5, 0.6) is 0 Å². The fraction of sp³-hybridized carbons (Fsp3) is 0.368. The van der Waals surface area contributed by atoms with E-state index in [1.54, 1.807) is 0 Å². The Hall–Kier alpha value is -2.93. The monoisotopic (exact) mass is 506 g/mol. The van der Waals surface area contributed by atoms with Crippen LogP contribution in [0.4, 0.5) is 19.0 Å². The van der Waals surface area contributed by atoms with Crippen LogP contribution >= 0.6 is 11.6 Å². The lowest BCUT2D eigenvalue weighted by Gasteiger charge is -2.39. The zero-order valence-corrected chi connectivity index (χ0v) is 19.3. The SMILES string of the molecule is CNC(=O)C1(CC(=O)OC)Nc2c(S(C)=O)c(C(C)=O)nn2-c2c(Cl)cc(C(F)(F)F)cc21. The van der Waals surface area contributed by atoms with E-state index in [0.29, 0.717) is 12.1 Å². The van der Waals surface area contributed by atoms with Gasteiger partial charge in [-0.3, -0.25) is 18.6 Å². The molecule has 1 aliphatic rings. The number of anilines is 1. The number of methoxy groups -OCH3 is 1. The third-order valence-corrected chi connectivity index (χ3v) is 6.36. The van der Waals surface area contributed by atoms with Gasteiger partial charge in [0.15, 0.2) is 11.3 Å². The minimum absolute atomic E-state index is 0.0951. The number of amides is 1. The van der Waals surface area contributed by atoms with Crippen LogP contribution in [-0.4, -0.2) is 52.1 Å². The van der Waals surface area contributed by atoms with Gasteiger partial charge in [-0.25, -0.2) is 4.68 Å². The van der Waals surface area contributed by atoms with Crippen LogP contribution in [0.1, 0.15) is 35.0 Å². The van der Waals surface area contributed by atoms with Gasteiger partial charge in [-0.15, -0.1) is 0 Å². The number of aromatic nitrogens is 2. The molecule has 0 aliphatic carbocycles. The van der Waals surface area contributed by atoms with E-state index < -0.39 is 57.2 Å². The van der Waals surface area contributed by atoms with Crippen molar-refractivity contribution in [2.24, 2.45) is 0 Å². The molecule has 33 heavy (non-hydrogen) atoms. The van der Waals surface area contributed by atoms with E-state index >= 15 is 0 Å². The van der Waals surface area contributed by atoms with Crippen LogP contribution in [0.3, 0.4) is 0 Å². The molecule has 0 saturated carbocycles. The van der Waals surface area contributed by atoms with Crippen LogP contribution in [-0.2, 0) is 36.8 Å². The molecule has 0 spiro atoms. The van der Waals surface area contributed by atoms with Crippen LogP contribution in [0.15, 0.2) is 17.0 Å². The number of carbonyl (C=O) groups excluding carboxylic acids is 3. The van der Waals surface area contributed by atoms with Crippen molar-refractivity contribution in [3.8, 4) is 5.69 Å². The van der Waals surface area contributed by atoms with Gasteiger partial charge in [0.2, 0.25) is 0 Å². The van der Waals surface area contributed by atoms with Crippen LogP contribution in [0.2, 0.25) is 5.02 Å². The minimum Gasteiger partial charge on any atom is -0.469 e. The van der Waals surface area contributed by atoms with Gasteiger partial charge in [0.1, 0.15) is 16.4 Å². The zero-order chi connectivity index (χ0) is 24.9. The van der Waals surface area contributed by atoms with E-state index in [0.717, 1.165) is 11.8 Å². The molecule has 0 radical (unpaired) electrons. The molecule has 1 aliphatic heterocycles. The van der Waals surface area contributed by atoms with E-state index in [1.807, 2.05) is 0 Å². The summed E-state index contributed by atoms with van der Waals surface area (Å²) in [6.45, 7) is 1.17. The Morgan fingerprint density at radius 1 is 1.33 bits per heavy atom. The highest BCUT2D eigenvalue weighted by atomic mass is 35.5. The summed E-state index contributed by atoms with van der Waals surface area (Å²) in [5.41, 5.74) is -4.06. The second kappa shape index (κ2) is 8.45. The number of halogens is 4. The van der Waals surface area contributed by atoms with E-state index in [9.17, 15) is 31.8 Å². The van der Waals surface area contributed by atoms with E-state index in [4.69, 9.17) is 11.6 Å². The Labute approximate surface area is 193 Å². The van der Waals surface area contributed by atoms with Crippen molar-refractivity contribution >= 4 is 45.9 Å². The van der Waals surface area contributed by atoms with Gasteiger partial charge < -0.3 is 15.4 Å². The van der Waals surface area contributed by atoms with Gasteiger partial charge >= 0.3 is 12.1 Å². The molecule has 14 heteroatoms. The van der Waals surface area contributed by atoms with Crippen molar-refractivity contribution in [2.45, 2.75) is 30.0 Å². The molecule has 2 N–H and O–H groups in total. The summed E-state index contributed by atoms with van der Waals surface area (Å²) < 4.78 is 59.0. The first kappa shape index (κ1) is 24.7. The average molecular weight is 507 g/mol. The largest absolute Gasteiger partial charge is 0.469 e. The molecule has 1 aromatic heterocycles. The maximum absolute atomic E-state index is 13.6. The molecule has 1 amide bonds. The molecule has 0 bridgehead atoms. The number of hydrogen-bond acceptors (Lipinski definition) is 7. The zero-order valence-electron chi connectivity index (χ0n) is 17.7.